The van der Waals surface area contributed by atoms with Crippen molar-refractivity contribution >= 4 is 0 Å². The Balaban J connectivity index is 1.84. The van der Waals surface area contributed by atoms with Crippen LogP contribution in [0.2, 0.25) is 0 Å². The Morgan fingerprint density at radius 2 is 2.16 bits per heavy atom. The van der Waals surface area contributed by atoms with E-state index in [2.05, 4.69) is 34.2 Å². The van der Waals surface area contributed by atoms with Crippen LogP contribution in [-0.4, -0.2) is 47.7 Å². The van der Waals surface area contributed by atoms with E-state index in [1.165, 1.54) is 0 Å². The van der Waals surface area contributed by atoms with Crippen LogP contribution in [0.1, 0.15) is 31.9 Å². The lowest BCUT2D eigenvalue weighted by Gasteiger charge is -2.28. The molecule has 5 heteroatoms. The zero-order valence-electron chi connectivity index (χ0n) is 11.9. The van der Waals surface area contributed by atoms with Crippen molar-refractivity contribution in [3.8, 4) is 5.88 Å². The zero-order valence-corrected chi connectivity index (χ0v) is 11.9. The number of likely N-dealkylation sites (tertiary alicyclic amines) is 1. The molecule has 1 saturated heterocycles. The van der Waals surface area contributed by atoms with Gasteiger partial charge in [0, 0.05) is 25.8 Å². The molecule has 0 unspecified atom stereocenters. The van der Waals surface area contributed by atoms with Gasteiger partial charge in [0.15, 0.2) is 0 Å². The smallest absolute Gasteiger partial charge is 0.232 e. The van der Waals surface area contributed by atoms with Gasteiger partial charge in [-0.2, -0.15) is 0 Å². The number of hydrogen-bond acceptors (Lipinski definition) is 5. The van der Waals surface area contributed by atoms with Crippen LogP contribution in [-0.2, 0) is 6.54 Å². The normalized spacial score (nSPS) is 17.6. The summed E-state index contributed by atoms with van der Waals surface area (Å²) in [5, 5.41) is 3.32. The molecule has 0 aliphatic carbocycles. The lowest BCUT2D eigenvalue weighted by molar-refractivity contribution is 0.109. The molecule has 0 bridgehead atoms. The van der Waals surface area contributed by atoms with Gasteiger partial charge in [-0.1, -0.05) is 6.92 Å². The van der Waals surface area contributed by atoms with Crippen molar-refractivity contribution in [2.24, 2.45) is 0 Å². The topological polar surface area (TPSA) is 50.3 Å². The number of hydrogen-bond donors (Lipinski definition) is 1. The summed E-state index contributed by atoms with van der Waals surface area (Å²) in [6.07, 6.45) is 7.04. The van der Waals surface area contributed by atoms with Gasteiger partial charge in [-0.15, -0.1) is 0 Å². The first kappa shape index (κ1) is 14.2. The SMILES string of the molecule is CCCNCc1cncc(OC2CCN(C)CC2)n1. The molecule has 1 aliphatic heterocycles. The van der Waals surface area contributed by atoms with Gasteiger partial charge in [-0.25, -0.2) is 4.98 Å². The van der Waals surface area contributed by atoms with Crippen molar-refractivity contribution in [1.29, 1.82) is 0 Å². The van der Waals surface area contributed by atoms with E-state index in [-0.39, 0.29) is 6.10 Å². The monoisotopic (exact) mass is 264 g/mol. The molecule has 2 rings (SSSR count). The summed E-state index contributed by atoms with van der Waals surface area (Å²) >= 11 is 0. The van der Waals surface area contributed by atoms with Gasteiger partial charge in [0.2, 0.25) is 5.88 Å². The average molecular weight is 264 g/mol. The first-order valence-electron chi connectivity index (χ1n) is 7.14. The summed E-state index contributed by atoms with van der Waals surface area (Å²) in [4.78, 5) is 11.0. The first-order valence-corrected chi connectivity index (χ1v) is 7.14. The van der Waals surface area contributed by atoms with Crippen LogP contribution in [0.15, 0.2) is 12.4 Å². The van der Waals surface area contributed by atoms with Gasteiger partial charge in [0.1, 0.15) is 6.10 Å². The highest BCUT2D eigenvalue weighted by Crippen LogP contribution is 2.15. The molecule has 0 spiro atoms. The van der Waals surface area contributed by atoms with Gasteiger partial charge < -0.3 is 15.0 Å². The number of nitrogens with one attached hydrogen (secondary N) is 1. The molecule has 2 heterocycles. The Morgan fingerprint density at radius 1 is 1.37 bits per heavy atom. The molecule has 19 heavy (non-hydrogen) atoms. The average Bonchev–Trinajstić information content (AvgIpc) is 2.42. The molecular formula is C14H24N4O. The summed E-state index contributed by atoms with van der Waals surface area (Å²) < 4.78 is 5.92. The van der Waals surface area contributed by atoms with Crippen molar-refractivity contribution in [2.45, 2.75) is 38.8 Å². The highest BCUT2D eigenvalue weighted by molar-refractivity contribution is 5.08. The maximum atomic E-state index is 5.92. The maximum absolute atomic E-state index is 5.92. The second-order valence-corrected chi connectivity index (χ2v) is 5.15. The largest absolute Gasteiger partial charge is 0.473 e. The molecule has 1 fully saturated rings. The number of rotatable bonds is 6. The Labute approximate surface area is 115 Å². The van der Waals surface area contributed by atoms with Gasteiger partial charge in [0.25, 0.3) is 0 Å². The summed E-state index contributed by atoms with van der Waals surface area (Å²) in [5.74, 6) is 0.658. The highest BCUT2D eigenvalue weighted by Gasteiger charge is 2.18. The minimum Gasteiger partial charge on any atom is -0.473 e. The molecule has 5 nitrogen and oxygen atoms in total. The maximum Gasteiger partial charge on any atom is 0.232 e. The first-order chi connectivity index (χ1) is 9.28. The third-order valence-electron chi connectivity index (χ3n) is 3.35. The van der Waals surface area contributed by atoms with E-state index in [0.717, 1.165) is 51.1 Å². The summed E-state index contributed by atoms with van der Waals surface area (Å²) in [5.41, 5.74) is 0.943. The van der Waals surface area contributed by atoms with E-state index >= 15 is 0 Å². The summed E-state index contributed by atoms with van der Waals surface area (Å²) in [6.45, 7) is 6.09. The molecular weight excluding hydrogens is 240 g/mol. The third kappa shape index (κ3) is 4.76. The molecule has 1 N–H and O–H groups in total. The molecule has 0 amide bonds. The van der Waals surface area contributed by atoms with Crippen molar-refractivity contribution in [3.05, 3.63) is 18.1 Å². The molecule has 106 valence electrons. The lowest BCUT2D eigenvalue weighted by Crippen LogP contribution is -2.35. The van der Waals surface area contributed by atoms with Crippen LogP contribution < -0.4 is 10.1 Å². The minimum atomic E-state index is 0.282. The van der Waals surface area contributed by atoms with Crippen LogP contribution in [0, 0.1) is 0 Å². The molecule has 1 aliphatic rings. The van der Waals surface area contributed by atoms with Crippen molar-refractivity contribution in [3.63, 3.8) is 0 Å². The van der Waals surface area contributed by atoms with Crippen LogP contribution in [0.4, 0.5) is 0 Å². The second-order valence-electron chi connectivity index (χ2n) is 5.15. The molecule has 1 aromatic rings. The quantitative estimate of drug-likeness (QED) is 0.788. The Morgan fingerprint density at radius 3 is 2.89 bits per heavy atom. The number of ether oxygens (including phenoxy) is 1. The Hall–Kier alpha value is -1.20. The number of aromatic nitrogens is 2. The van der Waals surface area contributed by atoms with Crippen LogP contribution in [0.3, 0.4) is 0 Å². The molecule has 1 aromatic heterocycles. The van der Waals surface area contributed by atoms with Gasteiger partial charge in [-0.3, -0.25) is 4.98 Å². The van der Waals surface area contributed by atoms with E-state index in [0.29, 0.717) is 5.88 Å². The highest BCUT2D eigenvalue weighted by atomic mass is 16.5. The van der Waals surface area contributed by atoms with Crippen molar-refractivity contribution in [1.82, 2.24) is 20.2 Å². The van der Waals surface area contributed by atoms with Crippen LogP contribution in [0.25, 0.3) is 0 Å². The molecule has 0 saturated carbocycles. The number of nitrogens with zero attached hydrogens (tertiary/aromatic N) is 3. The fourth-order valence-corrected chi connectivity index (χ4v) is 2.20. The van der Waals surface area contributed by atoms with Crippen molar-refractivity contribution in [2.75, 3.05) is 26.7 Å². The molecule has 0 aromatic carbocycles. The van der Waals surface area contributed by atoms with Crippen LogP contribution in [0.5, 0.6) is 5.88 Å². The third-order valence-corrected chi connectivity index (χ3v) is 3.35. The van der Waals surface area contributed by atoms with Gasteiger partial charge >= 0.3 is 0 Å². The predicted molar refractivity (Wildman–Crippen MR) is 75.2 cm³/mol. The zero-order chi connectivity index (χ0) is 13.5. The predicted octanol–water partition coefficient (Wildman–Crippen LogP) is 1.45. The molecule has 0 radical (unpaired) electrons. The lowest BCUT2D eigenvalue weighted by atomic mass is 10.1. The Kier molecular flexibility index (Phi) is 5.54. The van der Waals surface area contributed by atoms with E-state index in [9.17, 15) is 0 Å². The number of piperidine rings is 1. The van der Waals surface area contributed by atoms with E-state index in [4.69, 9.17) is 4.74 Å². The van der Waals surface area contributed by atoms with Gasteiger partial charge in [0.05, 0.1) is 11.9 Å². The minimum absolute atomic E-state index is 0.282. The van der Waals surface area contributed by atoms with Gasteiger partial charge in [-0.05, 0) is 32.9 Å². The van der Waals surface area contributed by atoms with E-state index < -0.39 is 0 Å². The van der Waals surface area contributed by atoms with Crippen molar-refractivity contribution < 1.29 is 4.74 Å². The summed E-state index contributed by atoms with van der Waals surface area (Å²) in [6, 6.07) is 0. The molecule has 0 atom stereocenters. The standard InChI is InChI=1S/C14H24N4O/c1-3-6-15-9-12-10-16-11-14(17-12)19-13-4-7-18(2)8-5-13/h10-11,13,15H,3-9H2,1-2H3. The fourth-order valence-electron chi connectivity index (χ4n) is 2.20. The van der Waals surface area contributed by atoms with E-state index in [1.807, 2.05) is 0 Å². The van der Waals surface area contributed by atoms with E-state index in [1.54, 1.807) is 12.4 Å². The fraction of sp³-hybridized carbons (Fsp3) is 0.714. The Bertz CT molecular complexity index is 377. The van der Waals surface area contributed by atoms with Crippen LogP contribution >= 0.6 is 0 Å². The summed E-state index contributed by atoms with van der Waals surface area (Å²) in [7, 11) is 2.15. The second kappa shape index (κ2) is 7.40.